The van der Waals surface area contributed by atoms with Gasteiger partial charge in [-0.05, 0) is 56.7 Å². The van der Waals surface area contributed by atoms with Gasteiger partial charge in [-0.25, -0.2) is 4.98 Å². The van der Waals surface area contributed by atoms with Gasteiger partial charge in [-0.2, -0.15) is 0 Å². The molecule has 2 aliphatic rings. The lowest BCUT2D eigenvalue weighted by Gasteiger charge is -2.32. The van der Waals surface area contributed by atoms with E-state index in [0.717, 1.165) is 77.7 Å². The molecule has 2 aromatic heterocycles. The highest BCUT2D eigenvalue weighted by molar-refractivity contribution is 6.39. The Morgan fingerprint density at radius 3 is 2.22 bits per heavy atom. The average Bonchev–Trinajstić information content (AvgIpc) is 3.17. The number of piperidine rings is 1. The lowest BCUT2D eigenvalue weighted by atomic mass is 9.93. The molecule has 1 saturated carbocycles. The van der Waals surface area contributed by atoms with Crippen LogP contribution in [-0.4, -0.2) is 83.1 Å². The number of nitrogens with one attached hydrogen (secondary N) is 2. The summed E-state index contributed by atoms with van der Waals surface area (Å²) in [4.78, 5) is 23.0. The minimum absolute atomic E-state index is 0.183. The van der Waals surface area contributed by atoms with Gasteiger partial charge in [-0.15, -0.1) is 0 Å². The Morgan fingerprint density at radius 2 is 1.51 bits per heavy atom. The van der Waals surface area contributed by atoms with Crippen molar-refractivity contribution in [3.8, 4) is 45.3 Å². The molecule has 12 heteroatoms. The minimum atomic E-state index is -0.450. The van der Waals surface area contributed by atoms with Gasteiger partial charge in [0, 0.05) is 77.8 Å². The van der Waals surface area contributed by atoms with E-state index in [0.29, 0.717) is 59.5 Å². The molecule has 0 bridgehead atoms. The SMILES string of the molecule is COc1cc(-c2nccc(-c3cccc(-c4ccc(CNC5CCN(C(=O)CO)CC5)c(OC)n4)c3Cl)c2Cl)ccc1CN[C@H]1CC[C@@H](O)CC1. The molecule has 3 heterocycles. The predicted octanol–water partition coefficient (Wildman–Crippen LogP) is 6.27. The fraction of sp³-hybridized carbons (Fsp3) is 0.410. The molecule has 1 saturated heterocycles. The first-order valence-corrected chi connectivity index (χ1v) is 18.2. The number of aromatic nitrogens is 2. The summed E-state index contributed by atoms with van der Waals surface area (Å²) in [5.74, 6) is 1.03. The van der Waals surface area contributed by atoms with Gasteiger partial charge in [-0.1, -0.05) is 59.6 Å². The molecule has 1 aliphatic carbocycles. The number of carbonyl (C=O) groups is 1. The summed E-state index contributed by atoms with van der Waals surface area (Å²) in [7, 11) is 3.27. The fourth-order valence-corrected chi connectivity index (χ4v) is 7.63. The predicted molar refractivity (Wildman–Crippen MR) is 200 cm³/mol. The van der Waals surface area contributed by atoms with Crippen molar-refractivity contribution in [1.82, 2.24) is 25.5 Å². The quantitative estimate of drug-likeness (QED) is 0.133. The number of benzene rings is 2. The van der Waals surface area contributed by atoms with E-state index in [9.17, 15) is 9.90 Å². The van der Waals surface area contributed by atoms with Crippen LogP contribution in [0, 0.1) is 0 Å². The van der Waals surface area contributed by atoms with Crippen molar-refractivity contribution in [3.63, 3.8) is 0 Å². The van der Waals surface area contributed by atoms with Gasteiger partial charge in [0.25, 0.3) is 0 Å². The molecule has 10 nitrogen and oxygen atoms in total. The molecule has 4 aromatic rings. The van der Waals surface area contributed by atoms with Crippen LogP contribution in [0.25, 0.3) is 33.6 Å². The van der Waals surface area contributed by atoms with Crippen molar-refractivity contribution in [3.05, 3.63) is 82.0 Å². The summed E-state index contributed by atoms with van der Waals surface area (Å²) in [5.41, 5.74) is 6.32. The number of amides is 1. The molecule has 0 radical (unpaired) electrons. The summed E-state index contributed by atoms with van der Waals surface area (Å²) >= 11 is 14.2. The molecule has 2 aromatic carbocycles. The lowest BCUT2D eigenvalue weighted by Crippen LogP contribution is -2.45. The van der Waals surface area contributed by atoms with Crippen molar-refractivity contribution in [2.45, 2.75) is 69.8 Å². The highest BCUT2D eigenvalue weighted by Gasteiger charge is 2.24. The molecule has 0 spiro atoms. The Bertz CT molecular complexity index is 1830. The molecule has 51 heavy (non-hydrogen) atoms. The second-order valence-electron chi connectivity index (χ2n) is 13.2. The average molecular weight is 735 g/mol. The maximum Gasteiger partial charge on any atom is 0.248 e. The van der Waals surface area contributed by atoms with Gasteiger partial charge < -0.3 is 35.2 Å². The topological polar surface area (TPSA) is 129 Å². The number of pyridine rings is 2. The monoisotopic (exact) mass is 733 g/mol. The number of carbonyl (C=O) groups excluding carboxylic acids is 1. The number of halogens is 2. The highest BCUT2D eigenvalue weighted by atomic mass is 35.5. The number of rotatable bonds is 12. The number of ether oxygens (including phenoxy) is 2. The molecular formula is C39H45Cl2N5O5. The fourth-order valence-electron chi connectivity index (χ4n) is 6.98. The molecule has 2 fully saturated rings. The largest absolute Gasteiger partial charge is 0.496 e. The molecule has 6 rings (SSSR count). The number of aliphatic hydroxyl groups is 2. The first-order valence-electron chi connectivity index (χ1n) is 17.5. The first kappa shape index (κ1) is 37.0. The van der Waals surface area contributed by atoms with Crippen LogP contribution in [-0.2, 0) is 17.9 Å². The normalized spacial score (nSPS) is 18.1. The second-order valence-corrected chi connectivity index (χ2v) is 13.9. The van der Waals surface area contributed by atoms with Crippen LogP contribution in [0.4, 0.5) is 0 Å². The molecule has 1 aliphatic heterocycles. The lowest BCUT2D eigenvalue weighted by molar-refractivity contribution is -0.135. The Hall–Kier alpha value is -3.77. The smallest absolute Gasteiger partial charge is 0.248 e. The van der Waals surface area contributed by atoms with Crippen LogP contribution in [0.1, 0.15) is 49.7 Å². The van der Waals surface area contributed by atoms with Gasteiger partial charge >= 0.3 is 0 Å². The van der Waals surface area contributed by atoms with Crippen LogP contribution < -0.4 is 20.1 Å². The zero-order chi connectivity index (χ0) is 35.9. The van der Waals surface area contributed by atoms with Gasteiger partial charge in [0.15, 0.2) is 0 Å². The van der Waals surface area contributed by atoms with E-state index >= 15 is 0 Å². The van der Waals surface area contributed by atoms with Gasteiger partial charge in [0.1, 0.15) is 12.4 Å². The summed E-state index contributed by atoms with van der Waals surface area (Å²) in [6.07, 6.45) is 6.75. The summed E-state index contributed by atoms with van der Waals surface area (Å²) < 4.78 is 11.5. The third-order valence-corrected chi connectivity index (χ3v) is 10.8. The second kappa shape index (κ2) is 17.2. The maximum atomic E-state index is 11.8. The summed E-state index contributed by atoms with van der Waals surface area (Å²) in [6, 6.07) is 18.2. The van der Waals surface area contributed by atoms with Crippen LogP contribution in [0.15, 0.2) is 60.8 Å². The van der Waals surface area contributed by atoms with E-state index in [4.69, 9.17) is 42.8 Å². The van der Waals surface area contributed by atoms with Crippen molar-refractivity contribution in [2.75, 3.05) is 33.9 Å². The zero-order valence-corrected chi connectivity index (χ0v) is 30.5. The molecule has 0 atom stereocenters. The van der Waals surface area contributed by atoms with Gasteiger partial charge in [0.2, 0.25) is 11.8 Å². The first-order chi connectivity index (χ1) is 24.8. The number of hydrogen-bond donors (Lipinski definition) is 4. The molecule has 270 valence electrons. The zero-order valence-electron chi connectivity index (χ0n) is 29.0. The van der Waals surface area contributed by atoms with Crippen LogP contribution >= 0.6 is 23.2 Å². The van der Waals surface area contributed by atoms with Crippen molar-refractivity contribution < 1.29 is 24.5 Å². The highest BCUT2D eigenvalue weighted by Crippen LogP contribution is 2.42. The van der Waals surface area contributed by atoms with E-state index in [2.05, 4.69) is 15.6 Å². The minimum Gasteiger partial charge on any atom is -0.496 e. The summed E-state index contributed by atoms with van der Waals surface area (Å²) in [5, 5.41) is 27.1. The Labute approximate surface area is 309 Å². The van der Waals surface area contributed by atoms with Crippen molar-refractivity contribution in [2.24, 2.45) is 0 Å². The Balaban J connectivity index is 1.18. The third kappa shape index (κ3) is 8.65. The Morgan fingerprint density at radius 1 is 0.843 bits per heavy atom. The molecular weight excluding hydrogens is 689 g/mol. The van der Waals surface area contributed by atoms with Crippen LogP contribution in [0.3, 0.4) is 0 Å². The third-order valence-electron chi connectivity index (χ3n) is 9.99. The van der Waals surface area contributed by atoms with Crippen molar-refractivity contribution in [1.29, 1.82) is 0 Å². The molecule has 1 amide bonds. The molecule has 0 unspecified atom stereocenters. The number of nitrogens with zero attached hydrogens (tertiary/aromatic N) is 3. The standard InChI is InChI=1S/C39H45Cl2N5O5/c1-50-34-20-24(6-7-25(34)21-43-27-9-11-29(48)12-10-27)38-37(41)31(14-17-42-38)30-4-3-5-32(36(30)40)33-13-8-26(39(45-33)51-2)22-44-28-15-18-46(19-16-28)35(49)23-47/h3-8,13-14,17,20,27-29,43-44,47-48H,9-12,15-16,18-19,21-23H2,1-2H3/t27-,29+. The van der Waals surface area contributed by atoms with E-state index < -0.39 is 6.61 Å². The van der Waals surface area contributed by atoms with E-state index in [1.165, 1.54) is 0 Å². The van der Waals surface area contributed by atoms with Gasteiger partial charge in [-0.3, -0.25) is 9.78 Å². The number of aliphatic hydroxyl groups excluding tert-OH is 2. The Kier molecular flexibility index (Phi) is 12.5. The van der Waals surface area contributed by atoms with Crippen LogP contribution in [0.2, 0.25) is 10.0 Å². The van der Waals surface area contributed by atoms with E-state index in [1.807, 2.05) is 54.6 Å². The maximum absolute atomic E-state index is 11.8. The summed E-state index contributed by atoms with van der Waals surface area (Å²) in [6.45, 7) is 2.02. The number of hydrogen-bond acceptors (Lipinski definition) is 9. The van der Waals surface area contributed by atoms with Crippen molar-refractivity contribution >= 4 is 29.1 Å². The van der Waals surface area contributed by atoms with E-state index in [-0.39, 0.29) is 18.1 Å². The number of likely N-dealkylation sites (tertiary alicyclic amines) is 1. The van der Waals surface area contributed by atoms with Gasteiger partial charge in [0.05, 0.1) is 41.8 Å². The van der Waals surface area contributed by atoms with Crippen LogP contribution in [0.5, 0.6) is 11.6 Å². The van der Waals surface area contributed by atoms with E-state index in [1.54, 1.807) is 25.3 Å². The molecule has 4 N–H and O–H groups in total. The number of methoxy groups -OCH3 is 2.